The predicted molar refractivity (Wildman–Crippen MR) is 53.0 cm³/mol. The van der Waals surface area contributed by atoms with Gasteiger partial charge in [0.2, 0.25) is 0 Å². The number of nitrogens with zero attached hydrogens (tertiary/aromatic N) is 2. The fourth-order valence-corrected chi connectivity index (χ4v) is 0.996. The van der Waals surface area contributed by atoms with Crippen LogP contribution in [-0.4, -0.2) is 13.4 Å². The Morgan fingerprint density at radius 3 is 2.53 bits per heavy atom. The first-order valence-electron chi connectivity index (χ1n) is 4.46. The van der Waals surface area contributed by atoms with Crippen LogP contribution < -0.4 is 4.74 Å². The smallest absolute Gasteiger partial charge is 0.189 e. The molecule has 0 radical (unpaired) electrons. The van der Waals surface area contributed by atoms with Crippen LogP contribution in [0.1, 0.15) is 18.1 Å². The Kier molecular flexibility index (Phi) is 4.15. The van der Waals surface area contributed by atoms with E-state index in [4.69, 9.17) is 20.0 Å². The molecule has 15 heavy (non-hydrogen) atoms. The maximum absolute atomic E-state index is 8.76. The molecule has 0 saturated carbocycles. The molecule has 0 aliphatic rings. The summed E-state index contributed by atoms with van der Waals surface area (Å²) in [6, 6.07) is 8.58. The number of benzene rings is 1. The number of rotatable bonds is 4. The standard InChI is InChI=1S/C11H10N2O2/c1-2-14-8-15-11-4-3-9(6-12)10(5-11)7-13/h3-5H,2,8H2,1H3. The zero-order chi connectivity index (χ0) is 11.1. The lowest BCUT2D eigenvalue weighted by Gasteiger charge is -2.05. The van der Waals surface area contributed by atoms with Crippen molar-refractivity contribution in [3.05, 3.63) is 29.3 Å². The van der Waals surface area contributed by atoms with Crippen LogP contribution in [0.4, 0.5) is 0 Å². The molecule has 4 heteroatoms. The lowest BCUT2D eigenvalue weighted by molar-refractivity contribution is 0.0224. The molecule has 0 aromatic heterocycles. The zero-order valence-corrected chi connectivity index (χ0v) is 8.36. The van der Waals surface area contributed by atoms with Crippen molar-refractivity contribution >= 4 is 0 Å². The molecule has 0 fully saturated rings. The molecule has 0 spiro atoms. The first kappa shape index (κ1) is 11.0. The van der Waals surface area contributed by atoms with Crippen molar-refractivity contribution in [1.82, 2.24) is 0 Å². The Morgan fingerprint density at radius 2 is 1.93 bits per heavy atom. The van der Waals surface area contributed by atoms with Crippen molar-refractivity contribution in [2.75, 3.05) is 13.4 Å². The molecule has 1 aromatic carbocycles. The van der Waals surface area contributed by atoms with Gasteiger partial charge in [-0.05, 0) is 25.1 Å². The Bertz CT molecular complexity index is 416. The van der Waals surface area contributed by atoms with E-state index in [-0.39, 0.29) is 6.79 Å². The Balaban J connectivity index is 2.77. The summed E-state index contributed by atoms with van der Waals surface area (Å²) in [6.07, 6.45) is 0. The molecule has 0 heterocycles. The number of hydrogen-bond acceptors (Lipinski definition) is 4. The minimum atomic E-state index is 0.146. The largest absolute Gasteiger partial charge is 0.468 e. The average Bonchev–Trinajstić information content (AvgIpc) is 2.29. The second-order valence-corrected chi connectivity index (χ2v) is 2.69. The maximum atomic E-state index is 8.76. The van der Waals surface area contributed by atoms with Gasteiger partial charge in [0.15, 0.2) is 6.79 Å². The van der Waals surface area contributed by atoms with Crippen LogP contribution >= 0.6 is 0 Å². The minimum absolute atomic E-state index is 0.146. The fourth-order valence-electron chi connectivity index (χ4n) is 0.996. The summed E-state index contributed by atoms with van der Waals surface area (Å²) >= 11 is 0. The van der Waals surface area contributed by atoms with Crippen LogP contribution in [0, 0.1) is 22.7 Å². The van der Waals surface area contributed by atoms with Gasteiger partial charge in [-0.1, -0.05) is 0 Å². The second kappa shape index (κ2) is 5.64. The molecule has 0 saturated heterocycles. The maximum Gasteiger partial charge on any atom is 0.189 e. The summed E-state index contributed by atoms with van der Waals surface area (Å²) in [4.78, 5) is 0. The topological polar surface area (TPSA) is 66.0 Å². The molecule has 76 valence electrons. The van der Waals surface area contributed by atoms with Gasteiger partial charge >= 0.3 is 0 Å². The van der Waals surface area contributed by atoms with Crippen molar-refractivity contribution < 1.29 is 9.47 Å². The third kappa shape index (κ3) is 2.98. The number of hydrogen-bond donors (Lipinski definition) is 0. The summed E-state index contributed by atoms with van der Waals surface area (Å²) in [7, 11) is 0. The van der Waals surface area contributed by atoms with Gasteiger partial charge in [-0.15, -0.1) is 0 Å². The number of nitriles is 2. The van der Waals surface area contributed by atoms with E-state index in [1.807, 2.05) is 19.1 Å². The van der Waals surface area contributed by atoms with Gasteiger partial charge in [0.25, 0.3) is 0 Å². The molecule has 1 aromatic rings. The lowest BCUT2D eigenvalue weighted by Crippen LogP contribution is -2.02. The normalized spacial score (nSPS) is 9.00. The summed E-state index contributed by atoms with van der Waals surface area (Å²) in [5, 5.41) is 17.4. The Morgan fingerprint density at radius 1 is 1.20 bits per heavy atom. The van der Waals surface area contributed by atoms with Gasteiger partial charge in [-0.3, -0.25) is 0 Å². The SMILES string of the molecule is CCOCOc1ccc(C#N)c(C#N)c1. The molecule has 1 rings (SSSR count). The van der Waals surface area contributed by atoms with E-state index >= 15 is 0 Å². The van der Waals surface area contributed by atoms with E-state index in [0.29, 0.717) is 23.5 Å². The van der Waals surface area contributed by atoms with Gasteiger partial charge in [-0.25, -0.2) is 0 Å². The fraction of sp³-hybridized carbons (Fsp3) is 0.273. The van der Waals surface area contributed by atoms with Crippen LogP contribution in [0.5, 0.6) is 5.75 Å². The third-order valence-corrected chi connectivity index (χ3v) is 1.74. The van der Waals surface area contributed by atoms with Gasteiger partial charge < -0.3 is 9.47 Å². The molecular weight excluding hydrogens is 192 g/mol. The summed E-state index contributed by atoms with van der Waals surface area (Å²) < 4.78 is 10.2. The molecule has 4 nitrogen and oxygen atoms in total. The zero-order valence-electron chi connectivity index (χ0n) is 8.36. The highest BCUT2D eigenvalue weighted by atomic mass is 16.7. The van der Waals surface area contributed by atoms with Crippen LogP contribution in [0.2, 0.25) is 0 Å². The quantitative estimate of drug-likeness (QED) is 0.551. The summed E-state index contributed by atoms with van der Waals surface area (Å²) in [5.41, 5.74) is 0.660. The van der Waals surface area contributed by atoms with Crippen LogP contribution in [-0.2, 0) is 4.74 Å². The highest BCUT2D eigenvalue weighted by Gasteiger charge is 2.03. The predicted octanol–water partition coefficient (Wildman–Crippen LogP) is 1.80. The second-order valence-electron chi connectivity index (χ2n) is 2.69. The minimum Gasteiger partial charge on any atom is -0.468 e. The monoisotopic (exact) mass is 202 g/mol. The van der Waals surface area contributed by atoms with Crippen LogP contribution in [0.25, 0.3) is 0 Å². The number of ether oxygens (including phenoxy) is 2. The lowest BCUT2D eigenvalue weighted by atomic mass is 10.1. The molecular formula is C11H10N2O2. The molecule has 0 atom stereocenters. The van der Waals surface area contributed by atoms with Gasteiger partial charge in [0, 0.05) is 6.61 Å². The Labute approximate surface area is 88.3 Å². The first-order chi connectivity index (χ1) is 7.31. The Hall–Kier alpha value is -2.04. The van der Waals surface area contributed by atoms with Crippen molar-refractivity contribution in [1.29, 1.82) is 10.5 Å². The van der Waals surface area contributed by atoms with Crippen LogP contribution in [0.3, 0.4) is 0 Å². The summed E-state index contributed by atoms with van der Waals surface area (Å²) in [6.45, 7) is 2.58. The van der Waals surface area contributed by atoms with Crippen LogP contribution in [0.15, 0.2) is 18.2 Å². The van der Waals surface area contributed by atoms with E-state index in [2.05, 4.69) is 0 Å². The average molecular weight is 202 g/mol. The van der Waals surface area contributed by atoms with Gasteiger partial charge in [0.1, 0.15) is 17.9 Å². The van der Waals surface area contributed by atoms with Crippen molar-refractivity contribution in [3.63, 3.8) is 0 Å². The van der Waals surface area contributed by atoms with Crippen molar-refractivity contribution in [2.45, 2.75) is 6.92 Å². The molecule has 0 aliphatic heterocycles. The molecule has 0 N–H and O–H groups in total. The van der Waals surface area contributed by atoms with Gasteiger partial charge in [-0.2, -0.15) is 10.5 Å². The highest BCUT2D eigenvalue weighted by molar-refractivity contribution is 5.49. The van der Waals surface area contributed by atoms with E-state index in [9.17, 15) is 0 Å². The molecule has 0 unspecified atom stereocenters. The third-order valence-electron chi connectivity index (χ3n) is 1.74. The van der Waals surface area contributed by atoms with Crippen molar-refractivity contribution in [3.8, 4) is 17.9 Å². The molecule has 0 amide bonds. The van der Waals surface area contributed by atoms with E-state index in [1.165, 1.54) is 6.07 Å². The van der Waals surface area contributed by atoms with E-state index in [1.54, 1.807) is 12.1 Å². The van der Waals surface area contributed by atoms with E-state index in [0.717, 1.165) is 0 Å². The highest BCUT2D eigenvalue weighted by Crippen LogP contribution is 2.16. The molecule has 0 bridgehead atoms. The van der Waals surface area contributed by atoms with E-state index < -0.39 is 0 Å². The van der Waals surface area contributed by atoms with Crippen molar-refractivity contribution in [2.24, 2.45) is 0 Å². The van der Waals surface area contributed by atoms with Gasteiger partial charge in [0.05, 0.1) is 11.1 Å². The first-order valence-corrected chi connectivity index (χ1v) is 4.46. The molecule has 0 aliphatic carbocycles. The summed E-state index contributed by atoms with van der Waals surface area (Å²) in [5.74, 6) is 0.527.